The third-order valence-electron chi connectivity index (χ3n) is 8.27. The lowest BCUT2D eigenvalue weighted by atomic mass is 9.98. The summed E-state index contributed by atoms with van der Waals surface area (Å²) < 4.78 is 63.0. The molecule has 2 aliphatic rings. The van der Waals surface area contributed by atoms with Gasteiger partial charge in [0.1, 0.15) is 23.6 Å². The van der Waals surface area contributed by atoms with Gasteiger partial charge in [-0.05, 0) is 30.2 Å². The van der Waals surface area contributed by atoms with Crippen LogP contribution < -0.4 is 9.64 Å². The number of nitrogens with zero attached hydrogens (tertiary/aromatic N) is 6. The first kappa shape index (κ1) is 27.8. The number of ether oxygens (including phenoxy) is 1. The van der Waals surface area contributed by atoms with Crippen LogP contribution in [-0.4, -0.2) is 55.4 Å². The minimum Gasteiger partial charge on any atom is -0.461 e. The van der Waals surface area contributed by atoms with Crippen molar-refractivity contribution in [1.82, 2.24) is 24.5 Å². The number of halogens is 5. The molecule has 1 saturated carbocycles. The number of fused-ring (bicyclic) bond motifs is 4. The van der Waals surface area contributed by atoms with Gasteiger partial charge in [0.25, 0.3) is 0 Å². The number of imidazole rings is 1. The number of rotatable bonds is 6. The van der Waals surface area contributed by atoms with Gasteiger partial charge in [-0.15, -0.1) is 0 Å². The molecular formula is C30H25ClF4N6O2. The Hall–Kier alpha value is -4.03. The molecule has 2 bridgehead atoms. The molecule has 5 aromatic rings. The quantitative estimate of drug-likeness (QED) is 0.231. The number of benzene rings is 2. The second kappa shape index (κ2) is 10.6. The van der Waals surface area contributed by atoms with Crippen LogP contribution in [0.1, 0.15) is 18.7 Å². The molecular weight excluding hydrogens is 588 g/mol. The van der Waals surface area contributed by atoms with Crippen LogP contribution in [0.2, 0.25) is 5.02 Å². The third-order valence-corrected chi connectivity index (χ3v) is 8.59. The molecule has 8 nitrogen and oxygen atoms in total. The molecule has 43 heavy (non-hydrogen) atoms. The second-order valence-electron chi connectivity index (χ2n) is 11.0. The highest BCUT2D eigenvalue weighted by atomic mass is 35.5. The van der Waals surface area contributed by atoms with Gasteiger partial charge in [0.15, 0.2) is 5.82 Å². The smallest absolute Gasteiger partial charge is 0.449 e. The lowest BCUT2D eigenvalue weighted by molar-refractivity contribution is -0.147. The summed E-state index contributed by atoms with van der Waals surface area (Å²) in [4.78, 5) is 18.8. The molecule has 0 amide bonds. The van der Waals surface area contributed by atoms with Gasteiger partial charge in [-0.25, -0.2) is 9.37 Å². The standard InChI is InChI=1S/C30H25ClF4N6O2/c31-21-6-2-4-17-3-1-5-19(23(17)21)25-24(32)26-20(13-37-25)27(41-14-16-11-18(15-41)22(42)12-16)39-29(38-26)43-10-9-40-8-7-36-28(40)30(33,34)35/h1-8,13,16,18,22,42H,9-12,14-15H2/t16-,18-,22-/m1/s1. The average Bonchev–Trinajstić information content (AvgIpc) is 3.56. The number of hydrogen-bond acceptors (Lipinski definition) is 7. The van der Waals surface area contributed by atoms with E-state index in [2.05, 4.69) is 19.9 Å². The Kier molecular flexibility index (Phi) is 6.85. The van der Waals surface area contributed by atoms with Crippen LogP contribution in [0.15, 0.2) is 55.0 Å². The molecule has 0 radical (unpaired) electrons. The molecule has 1 saturated heterocycles. The summed E-state index contributed by atoms with van der Waals surface area (Å²) in [5.74, 6) is -1.05. The van der Waals surface area contributed by atoms with E-state index in [1.165, 1.54) is 12.4 Å². The molecule has 13 heteroatoms. The first-order chi connectivity index (χ1) is 20.7. The maximum atomic E-state index is 16.5. The second-order valence-corrected chi connectivity index (χ2v) is 11.4. The number of hydrogen-bond donors (Lipinski definition) is 1. The fourth-order valence-corrected chi connectivity index (χ4v) is 6.68. The molecule has 3 atom stereocenters. The van der Waals surface area contributed by atoms with Crippen molar-refractivity contribution in [3.8, 4) is 17.3 Å². The summed E-state index contributed by atoms with van der Waals surface area (Å²) in [5, 5.41) is 12.8. The molecule has 2 fully saturated rings. The summed E-state index contributed by atoms with van der Waals surface area (Å²) in [6.07, 6.45) is 0.334. The van der Waals surface area contributed by atoms with Gasteiger partial charge in [0, 0.05) is 53.6 Å². The summed E-state index contributed by atoms with van der Waals surface area (Å²) in [6, 6.07) is 10.6. The Labute approximate surface area is 247 Å². The Morgan fingerprint density at radius 3 is 2.65 bits per heavy atom. The zero-order valence-corrected chi connectivity index (χ0v) is 23.4. The number of anilines is 1. The van der Waals surface area contributed by atoms with E-state index in [4.69, 9.17) is 16.3 Å². The fraction of sp³-hybridized carbons (Fsp3) is 0.333. The summed E-state index contributed by atoms with van der Waals surface area (Å²) in [7, 11) is 0. The van der Waals surface area contributed by atoms with Crippen molar-refractivity contribution in [2.75, 3.05) is 24.6 Å². The van der Waals surface area contributed by atoms with Crippen molar-refractivity contribution in [2.24, 2.45) is 11.8 Å². The predicted octanol–water partition coefficient (Wildman–Crippen LogP) is 6.14. The number of aromatic nitrogens is 5. The van der Waals surface area contributed by atoms with Crippen LogP contribution in [0.3, 0.4) is 0 Å². The van der Waals surface area contributed by atoms with Crippen molar-refractivity contribution < 1.29 is 27.4 Å². The molecule has 1 N–H and O–H groups in total. The van der Waals surface area contributed by atoms with E-state index in [0.29, 0.717) is 46.7 Å². The molecule has 4 heterocycles. The first-order valence-electron chi connectivity index (χ1n) is 13.9. The van der Waals surface area contributed by atoms with Crippen LogP contribution in [0.4, 0.5) is 23.4 Å². The van der Waals surface area contributed by atoms with E-state index >= 15 is 4.39 Å². The molecule has 7 rings (SSSR count). The van der Waals surface area contributed by atoms with E-state index in [-0.39, 0.29) is 42.2 Å². The maximum absolute atomic E-state index is 16.5. The summed E-state index contributed by atoms with van der Waals surface area (Å²) >= 11 is 6.52. The number of piperidine rings is 1. The van der Waals surface area contributed by atoms with E-state index in [0.717, 1.165) is 22.6 Å². The highest BCUT2D eigenvalue weighted by Gasteiger charge is 2.40. The maximum Gasteiger partial charge on any atom is 0.449 e. The average molecular weight is 613 g/mol. The zero-order chi connectivity index (χ0) is 29.9. The van der Waals surface area contributed by atoms with Gasteiger partial charge in [0.2, 0.25) is 5.82 Å². The van der Waals surface area contributed by atoms with Crippen LogP contribution in [0, 0.1) is 17.7 Å². The number of aliphatic hydroxyl groups excluding tert-OH is 1. The third kappa shape index (κ3) is 5.02. The van der Waals surface area contributed by atoms with Crippen molar-refractivity contribution in [3.63, 3.8) is 0 Å². The number of alkyl halides is 3. The Balaban J connectivity index is 1.30. The van der Waals surface area contributed by atoms with E-state index < -0.39 is 23.9 Å². The van der Waals surface area contributed by atoms with Gasteiger partial charge in [-0.2, -0.15) is 23.1 Å². The molecule has 0 unspecified atom stereocenters. The largest absolute Gasteiger partial charge is 0.461 e. The van der Waals surface area contributed by atoms with Gasteiger partial charge in [-0.1, -0.05) is 41.9 Å². The molecule has 1 aliphatic carbocycles. The van der Waals surface area contributed by atoms with E-state index in [1.54, 1.807) is 18.2 Å². The van der Waals surface area contributed by atoms with E-state index in [9.17, 15) is 18.3 Å². The van der Waals surface area contributed by atoms with Crippen LogP contribution >= 0.6 is 11.6 Å². The summed E-state index contributed by atoms with van der Waals surface area (Å²) in [6.45, 7) is 0.720. The Morgan fingerprint density at radius 1 is 1.05 bits per heavy atom. The van der Waals surface area contributed by atoms with Gasteiger partial charge in [0.05, 0.1) is 18.0 Å². The van der Waals surface area contributed by atoms with Crippen molar-refractivity contribution in [1.29, 1.82) is 0 Å². The topological polar surface area (TPSA) is 89.2 Å². The SMILES string of the molecule is O[C@@H]1C[C@H]2C[C@@H]1CN(c1nc(OCCn3ccnc3C(F)(F)F)nc3c(F)c(-c4cccc5cccc(Cl)c45)ncc13)C2. The number of aliphatic hydroxyl groups is 1. The van der Waals surface area contributed by atoms with Crippen molar-refractivity contribution >= 4 is 39.1 Å². The van der Waals surface area contributed by atoms with E-state index in [1.807, 2.05) is 23.1 Å². The molecule has 1 aliphatic heterocycles. The Bertz CT molecular complexity index is 1840. The highest BCUT2D eigenvalue weighted by Crippen LogP contribution is 2.41. The first-order valence-corrected chi connectivity index (χ1v) is 14.2. The van der Waals surface area contributed by atoms with Crippen LogP contribution in [-0.2, 0) is 12.7 Å². The zero-order valence-electron chi connectivity index (χ0n) is 22.6. The monoisotopic (exact) mass is 612 g/mol. The minimum atomic E-state index is -4.62. The summed E-state index contributed by atoms with van der Waals surface area (Å²) in [5.41, 5.74) is 0.499. The van der Waals surface area contributed by atoms with Crippen LogP contribution in [0.25, 0.3) is 32.9 Å². The Morgan fingerprint density at radius 2 is 1.86 bits per heavy atom. The van der Waals surface area contributed by atoms with Crippen LogP contribution in [0.5, 0.6) is 6.01 Å². The number of pyridine rings is 1. The van der Waals surface area contributed by atoms with Gasteiger partial charge in [-0.3, -0.25) is 4.98 Å². The molecule has 2 aromatic carbocycles. The molecule has 222 valence electrons. The van der Waals surface area contributed by atoms with Gasteiger partial charge < -0.3 is 19.3 Å². The van der Waals surface area contributed by atoms with Gasteiger partial charge >= 0.3 is 12.2 Å². The lowest BCUT2D eigenvalue weighted by Crippen LogP contribution is -2.38. The minimum absolute atomic E-state index is 0.0360. The fourth-order valence-electron chi connectivity index (χ4n) is 6.39. The van der Waals surface area contributed by atoms with Crippen molar-refractivity contribution in [3.05, 3.63) is 71.7 Å². The normalized spacial score (nSPS) is 20.3. The lowest BCUT2D eigenvalue weighted by Gasteiger charge is -2.33. The van der Waals surface area contributed by atoms with Crippen molar-refractivity contribution in [2.45, 2.75) is 31.7 Å². The molecule has 0 spiro atoms. The predicted molar refractivity (Wildman–Crippen MR) is 152 cm³/mol. The highest BCUT2D eigenvalue weighted by molar-refractivity contribution is 6.36. The molecule has 3 aromatic heterocycles.